The van der Waals surface area contributed by atoms with E-state index < -0.39 is 0 Å². The fourth-order valence-electron chi connectivity index (χ4n) is 1.06. The van der Waals surface area contributed by atoms with Crippen molar-refractivity contribution in [3.63, 3.8) is 0 Å². The molecule has 0 saturated heterocycles. The zero-order valence-corrected chi connectivity index (χ0v) is 8.53. The van der Waals surface area contributed by atoms with Crippen molar-refractivity contribution < 1.29 is 9.90 Å². The molecule has 0 spiro atoms. The number of phenols is 1. The Kier molecular flexibility index (Phi) is 3.74. The van der Waals surface area contributed by atoms with E-state index in [0.717, 1.165) is 5.56 Å². The number of nitrogens with one attached hydrogen (secondary N) is 1. The third-order valence-electron chi connectivity index (χ3n) is 1.83. The van der Waals surface area contributed by atoms with Crippen molar-refractivity contribution in [1.29, 1.82) is 0 Å². The summed E-state index contributed by atoms with van der Waals surface area (Å²) in [7, 11) is 0. The predicted octanol–water partition coefficient (Wildman–Crippen LogP) is 1.12. The molecule has 0 radical (unpaired) electrons. The number of aromatic hydroxyl groups is 1. The Morgan fingerprint density at radius 3 is 2.93 bits per heavy atom. The molecule has 15 heavy (non-hydrogen) atoms. The van der Waals surface area contributed by atoms with Gasteiger partial charge in [0.15, 0.2) is 0 Å². The average molecular weight is 206 g/mol. The molecule has 1 aromatic rings. The second kappa shape index (κ2) is 5.05. The highest BCUT2D eigenvalue weighted by atomic mass is 16.3. The largest absolute Gasteiger partial charge is 0.506 e. The zero-order chi connectivity index (χ0) is 11.3. The van der Waals surface area contributed by atoms with Crippen molar-refractivity contribution in [2.75, 3.05) is 12.3 Å². The van der Waals surface area contributed by atoms with Crippen LogP contribution in [0, 0.1) is 0 Å². The normalized spacial score (nSPS) is 10.5. The summed E-state index contributed by atoms with van der Waals surface area (Å²) in [5.41, 5.74) is 6.65. The van der Waals surface area contributed by atoms with Crippen LogP contribution < -0.4 is 11.1 Å². The first-order valence-electron chi connectivity index (χ1n) is 4.59. The molecule has 0 fully saturated rings. The molecule has 1 amide bonds. The van der Waals surface area contributed by atoms with Crippen LogP contribution in [0.15, 0.2) is 24.3 Å². The van der Waals surface area contributed by atoms with Crippen LogP contribution in [0.25, 0.3) is 6.08 Å². The van der Waals surface area contributed by atoms with Gasteiger partial charge >= 0.3 is 0 Å². The SMILES string of the molecule is CC(=O)NCC=Cc1ccc(N)c(O)c1. The lowest BCUT2D eigenvalue weighted by Crippen LogP contribution is -2.19. The fourth-order valence-corrected chi connectivity index (χ4v) is 1.06. The van der Waals surface area contributed by atoms with Crippen molar-refractivity contribution in [3.05, 3.63) is 29.8 Å². The molecule has 0 unspecified atom stereocenters. The standard InChI is InChI=1S/C11H14N2O2/c1-8(14)13-6-2-3-9-4-5-10(12)11(15)7-9/h2-5,7,15H,6,12H2,1H3,(H,13,14). The summed E-state index contributed by atoms with van der Waals surface area (Å²) in [5.74, 6) is -0.00326. The van der Waals surface area contributed by atoms with Crippen LogP contribution >= 0.6 is 0 Å². The number of nitrogens with two attached hydrogens (primary N) is 1. The van der Waals surface area contributed by atoms with Gasteiger partial charge in [-0.3, -0.25) is 4.79 Å². The van der Waals surface area contributed by atoms with Gasteiger partial charge in [-0.25, -0.2) is 0 Å². The Morgan fingerprint density at radius 2 is 2.33 bits per heavy atom. The highest BCUT2D eigenvalue weighted by molar-refractivity contribution is 5.73. The van der Waals surface area contributed by atoms with E-state index in [9.17, 15) is 9.90 Å². The minimum atomic E-state index is -0.0696. The summed E-state index contributed by atoms with van der Waals surface area (Å²) in [5, 5.41) is 11.9. The van der Waals surface area contributed by atoms with Crippen LogP contribution in [-0.4, -0.2) is 17.6 Å². The minimum absolute atomic E-state index is 0.0664. The number of amides is 1. The van der Waals surface area contributed by atoms with Crippen molar-refractivity contribution in [1.82, 2.24) is 5.32 Å². The Hall–Kier alpha value is -1.97. The molecule has 0 aliphatic heterocycles. The van der Waals surface area contributed by atoms with E-state index in [1.165, 1.54) is 6.92 Å². The topological polar surface area (TPSA) is 75.4 Å². The maximum absolute atomic E-state index is 10.6. The Morgan fingerprint density at radius 1 is 1.60 bits per heavy atom. The fraction of sp³-hybridized carbons (Fsp3) is 0.182. The van der Waals surface area contributed by atoms with Gasteiger partial charge < -0.3 is 16.2 Å². The number of rotatable bonds is 3. The zero-order valence-electron chi connectivity index (χ0n) is 8.53. The summed E-state index contributed by atoms with van der Waals surface area (Å²) < 4.78 is 0. The number of anilines is 1. The van der Waals surface area contributed by atoms with E-state index in [4.69, 9.17) is 5.73 Å². The van der Waals surface area contributed by atoms with Crippen LogP contribution in [0.4, 0.5) is 5.69 Å². The summed E-state index contributed by atoms with van der Waals surface area (Å²) >= 11 is 0. The molecule has 1 rings (SSSR count). The van der Waals surface area contributed by atoms with Crippen molar-refractivity contribution in [2.24, 2.45) is 0 Å². The molecule has 0 aliphatic carbocycles. The van der Waals surface area contributed by atoms with Crippen LogP contribution in [-0.2, 0) is 4.79 Å². The molecule has 4 nitrogen and oxygen atoms in total. The lowest BCUT2D eigenvalue weighted by molar-refractivity contribution is -0.118. The van der Waals surface area contributed by atoms with Crippen LogP contribution in [0.1, 0.15) is 12.5 Å². The summed E-state index contributed by atoms with van der Waals surface area (Å²) in [6.07, 6.45) is 3.60. The van der Waals surface area contributed by atoms with E-state index in [1.807, 2.05) is 0 Å². The lowest BCUT2D eigenvalue weighted by Gasteiger charge is -1.99. The molecule has 80 valence electrons. The number of carbonyl (C=O) groups is 1. The van der Waals surface area contributed by atoms with Crippen molar-refractivity contribution in [3.8, 4) is 5.75 Å². The number of nitrogen functional groups attached to an aromatic ring is 1. The number of hydrogen-bond acceptors (Lipinski definition) is 3. The molecular formula is C11H14N2O2. The molecule has 4 heteroatoms. The molecule has 0 saturated carbocycles. The lowest BCUT2D eigenvalue weighted by atomic mass is 10.2. The molecule has 0 bridgehead atoms. The van der Waals surface area contributed by atoms with Gasteiger partial charge in [-0.15, -0.1) is 0 Å². The molecule has 0 atom stereocenters. The number of carbonyl (C=O) groups excluding carboxylic acids is 1. The number of hydrogen-bond donors (Lipinski definition) is 3. The molecule has 4 N–H and O–H groups in total. The Labute approximate surface area is 88.4 Å². The smallest absolute Gasteiger partial charge is 0.217 e. The third kappa shape index (κ3) is 3.72. The maximum atomic E-state index is 10.6. The summed E-state index contributed by atoms with van der Waals surface area (Å²) in [6, 6.07) is 4.99. The van der Waals surface area contributed by atoms with Gasteiger partial charge in [0.2, 0.25) is 5.91 Å². The number of benzene rings is 1. The molecule has 0 aromatic heterocycles. The van der Waals surface area contributed by atoms with Gasteiger partial charge in [0, 0.05) is 13.5 Å². The molecule has 1 aromatic carbocycles. The second-order valence-corrected chi connectivity index (χ2v) is 3.16. The first-order chi connectivity index (χ1) is 7.09. The molecule has 0 heterocycles. The van der Waals surface area contributed by atoms with E-state index in [1.54, 1.807) is 30.4 Å². The average Bonchev–Trinajstić information content (AvgIpc) is 2.18. The van der Waals surface area contributed by atoms with E-state index in [-0.39, 0.29) is 11.7 Å². The number of phenolic OH excluding ortho intramolecular Hbond substituents is 1. The first-order valence-corrected chi connectivity index (χ1v) is 4.59. The van der Waals surface area contributed by atoms with Gasteiger partial charge in [0.1, 0.15) is 5.75 Å². The van der Waals surface area contributed by atoms with Crippen LogP contribution in [0.5, 0.6) is 5.75 Å². The Balaban J connectivity index is 2.57. The monoisotopic (exact) mass is 206 g/mol. The second-order valence-electron chi connectivity index (χ2n) is 3.16. The highest BCUT2D eigenvalue weighted by Gasteiger charge is 1.95. The summed E-state index contributed by atoms with van der Waals surface area (Å²) in [4.78, 5) is 10.6. The van der Waals surface area contributed by atoms with E-state index in [0.29, 0.717) is 12.2 Å². The summed E-state index contributed by atoms with van der Waals surface area (Å²) in [6.45, 7) is 1.93. The van der Waals surface area contributed by atoms with Crippen molar-refractivity contribution >= 4 is 17.7 Å². The van der Waals surface area contributed by atoms with Gasteiger partial charge in [0.25, 0.3) is 0 Å². The highest BCUT2D eigenvalue weighted by Crippen LogP contribution is 2.21. The van der Waals surface area contributed by atoms with Crippen LogP contribution in [0.2, 0.25) is 0 Å². The van der Waals surface area contributed by atoms with E-state index >= 15 is 0 Å². The Bertz CT molecular complexity index is 386. The molecule has 0 aliphatic rings. The third-order valence-corrected chi connectivity index (χ3v) is 1.83. The van der Waals surface area contributed by atoms with Gasteiger partial charge in [-0.2, -0.15) is 0 Å². The van der Waals surface area contributed by atoms with Gasteiger partial charge in [0.05, 0.1) is 5.69 Å². The quantitative estimate of drug-likeness (QED) is 0.512. The predicted molar refractivity (Wildman–Crippen MR) is 60.2 cm³/mol. The minimum Gasteiger partial charge on any atom is -0.506 e. The first kappa shape index (κ1) is 11.1. The van der Waals surface area contributed by atoms with Crippen LogP contribution in [0.3, 0.4) is 0 Å². The van der Waals surface area contributed by atoms with Crippen molar-refractivity contribution in [2.45, 2.75) is 6.92 Å². The van der Waals surface area contributed by atoms with E-state index in [2.05, 4.69) is 5.32 Å². The van der Waals surface area contributed by atoms with Gasteiger partial charge in [-0.1, -0.05) is 18.2 Å². The molecular weight excluding hydrogens is 192 g/mol. The van der Waals surface area contributed by atoms with Gasteiger partial charge in [-0.05, 0) is 17.7 Å². The maximum Gasteiger partial charge on any atom is 0.217 e.